The van der Waals surface area contributed by atoms with Crippen LogP contribution in [0.25, 0.3) is 21.8 Å². The molecule has 1 atom stereocenters. The molecule has 3 heterocycles. The summed E-state index contributed by atoms with van der Waals surface area (Å²) in [6, 6.07) is 13.9. The van der Waals surface area contributed by atoms with E-state index in [9.17, 15) is 19.9 Å². The van der Waals surface area contributed by atoms with E-state index in [2.05, 4.69) is 10.3 Å². The molecule has 0 aliphatic heterocycles. The Labute approximate surface area is 197 Å². The number of aromatic nitrogens is 5. The van der Waals surface area contributed by atoms with Gasteiger partial charge in [-0.1, -0.05) is 35.5 Å². The van der Waals surface area contributed by atoms with Crippen LogP contribution in [0, 0.1) is 5.21 Å². The number of para-hydroxylation sites is 2. The normalized spacial score (nSPS) is 13.9. The van der Waals surface area contributed by atoms with Gasteiger partial charge in [0.1, 0.15) is 11.4 Å². The first-order valence-corrected chi connectivity index (χ1v) is 11.0. The molecular weight excluding hydrogens is 450 g/mol. The maximum absolute atomic E-state index is 14.0. The molecule has 10 heteroatoms. The fourth-order valence-electron chi connectivity index (χ4n) is 4.81. The number of hydrogen-bond donors (Lipinski definition) is 2. The fraction of sp³-hybridized carbons (Fsp3) is 0.160. The second-order valence-electron chi connectivity index (χ2n) is 8.51. The van der Waals surface area contributed by atoms with E-state index in [1.807, 2.05) is 12.1 Å². The minimum atomic E-state index is -0.975. The quantitative estimate of drug-likeness (QED) is 0.286. The van der Waals surface area contributed by atoms with Crippen LogP contribution in [0.5, 0.6) is 0 Å². The molecule has 0 unspecified atom stereocenters. The van der Waals surface area contributed by atoms with Gasteiger partial charge < -0.3 is 20.0 Å². The standard InChI is InChI=1S/C25H19N5O5/c31-13-15(32)11-28-9-14(26-27-28)10-29-19-7-3-1-5-16(19)22-23(29)25(34)21-17-6-2-4-8-20(17)30(35)12-18(21)24(22)33/h1-9,12,15,31-32H,10-11,13H2/t15-/m1/s1. The van der Waals surface area contributed by atoms with Gasteiger partial charge >= 0.3 is 0 Å². The first-order valence-electron chi connectivity index (χ1n) is 11.0. The Morgan fingerprint density at radius 1 is 1.00 bits per heavy atom. The second-order valence-corrected chi connectivity index (χ2v) is 8.51. The van der Waals surface area contributed by atoms with Gasteiger partial charge in [-0.2, -0.15) is 4.73 Å². The van der Waals surface area contributed by atoms with E-state index in [-0.39, 0.29) is 47.0 Å². The lowest BCUT2D eigenvalue weighted by Gasteiger charge is -2.18. The summed E-state index contributed by atoms with van der Waals surface area (Å²) in [4.78, 5) is 27.6. The molecule has 2 N–H and O–H groups in total. The Bertz CT molecular complexity index is 1670. The van der Waals surface area contributed by atoms with E-state index in [0.29, 0.717) is 32.2 Å². The molecule has 1 aliphatic carbocycles. The summed E-state index contributed by atoms with van der Waals surface area (Å²) < 4.78 is 3.79. The number of fused-ring (bicyclic) bond motifs is 6. The van der Waals surface area contributed by atoms with E-state index in [4.69, 9.17) is 5.11 Å². The molecule has 10 nitrogen and oxygen atoms in total. The van der Waals surface area contributed by atoms with Crippen LogP contribution in [0.1, 0.15) is 37.7 Å². The first kappa shape index (κ1) is 21.1. The third-order valence-electron chi connectivity index (χ3n) is 6.33. The molecule has 1 aliphatic rings. The summed E-state index contributed by atoms with van der Waals surface area (Å²) in [7, 11) is 0. The fourth-order valence-corrected chi connectivity index (χ4v) is 4.81. The van der Waals surface area contributed by atoms with Crippen molar-refractivity contribution in [2.75, 3.05) is 6.61 Å². The molecule has 0 fully saturated rings. The Kier molecular flexibility index (Phi) is 4.73. The number of aliphatic hydroxyl groups excluding tert-OH is 2. The van der Waals surface area contributed by atoms with E-state index < -0.39 is 12.7 Å². The highest BCUT2D eigenvalue weighted by Gasteiger charge is 2.39. The predicted octanol–water partition coefficient (Wildman–Crippen LogP) is 1.20. The number of aliphatic hydroxyl groups is 2. The zero-order valence-corrected chi connectivity index (χ0v) is 18.3. The van der Waals surface area contributed by atoms with Crippen LogP contribution in [-0.4, -0.2) is 54.1 Å². The SMILES string of the molecule is O=C1c2c[n+]([O-])c3ccccc3c2C(=O)c2c1c1ccccc1n2Cc1cn(C[C@@H](O)CO)nn1. The van der Waals surface area contributed by atoms with Crippen LogP contribution in [-0.2, 0) is 13.1 Å². The number of ketones is 2. The lowest BCUT2D eigenvalue weighted by Crippen LogP contribution is -2.33. The first-order chi connectivity index (χ1) is 17.0. The van der Waals surface area contributed by atoms with Gasteiger partial charge in [0, 0.05) is 17.0 Å². The van der Waals surface area contributed by atoms with Crippen molar-refractivity contribution in [1.82, 2.24) is 19.6 Å². The molecule has 0 spiro atoms. The molecule has 0 radical (unpaired) electrons. The average Bonchev–Trinajstić information content (AvgIpc) is 3.45. The topological polar surface area (TPSA) is 137 Å². The van der Waals surface area contributed by atoms with Crippen LogP contribution in [0.3, 0.4) is 0 Å². The zero-order valence-electron chi connectivity index (χ0n) is 18.3. The maximum Gasteiger partial charge on any atom is 0.224 e. The van der Waals surface area contributed by atoms with E-state index in [0.717, 1.165) is 0 Å². The molecular formula is C25H19N5O5. The minimum absolute atomic E-state index is 0.0695. The molecule has 35 heavy (non-hydrogen) atoms. The largest absolute Gasteiger partial charge is 0.618 e. The van der Waals surface area contributed by atoms with Gasteiger partial charge in [-0.05, 0) is 12.1 Å². The van der Waals surface area contributed by atoms with E-state index >= 15 is 0 Å². The van der Waals surface area contributed by atoms with Crippen LogP contribution >= 0.6 is 0 Å². The predicted molar refractivity (Wildman–Crippen MR) is 124 cm³/mol. The summed E-state index contributed by atoms with van der Waals surface area (Å²) in [6.45, 7) is -0.177. The van der Waals surface area contributed by atoms with Gasteiger partial charge in [0.05, 0.1) is 54.1 Å². The maximum atomic E-state index is 14.0. The Hall–Kier alpha value is -4.41. The lowest BCUT2D eigenvalue weighted by molar-refractivity contribution is -0.577. The molecule has 0 saturated heterocycles. The molecule has 0 saturated carbocycles. The van der Waals surface area contributed by atoms with Crippen molar-refractivity contribution in [3.63, 3.8) is 0 Å². The summed E-state index contributed by atoms with van der Waals surface area (Å²) in [5, 5.41) is 40.6. The Balaban J connectivity index is 1.55. The number of benzene rings is 2. The Morgan fingerprint density at radius 3 is 2.54 bits per heavy atom. The number of pyridine rings is 1. The van der Waals surface area contributed by atoms with Crippen molar-refractivity contribution < 1.29 is 24.5 Å². The summed E-state index contributed by atoms with van der Waals surface area (Å²) in [6.07, 6.45) is 1.83. The highest BCUT2D eigenvalue weighted by Crippen LogP contribution is 2.37. The number of nitrogens with zero attached hydrogens (tertiary/aromatic N) is 5. The van der Waals surface area contributed by atoms with Crippen molar-refractivity contribution in [2.45, 2.75) is 19.2 Å². The zero-order chi connectivity index (χ0) is 24.3. The van der Waals surface area contributed by atoms with E-state index in [1.165, 1.54) is 10.9 Å². The summed E-state index contributed by atoms with van der Waals surface area (Å²) in [5.41, 5.74) is 2.30. The number of carbonyl (C=O) groups is 2. The molecule has 174 valence electrons. The smallest absolute Gasteiger partial charge is 0.224 e. The lowest BCUT2D eigenvalue weighted by atomic mass is 9.85. The third kappa shape index (κ3) is 3.15. The monoisotopic (exact) mass is 469 g/mol. The van der Waals surface area contributed by atoms with E-state index in [1.54, 1.807) is 47.2 Å². The number of hydrogen-bond acceptors (Lipinski definition) is 7. The molecule has 0 bridgehead atoms. The van der Waals surface area contributed by atoms with Crippen LogP contribution < -0.4 is 4.73 Å². The molecule has 5 aromatic rings. The van der Waals surface area contributed by atoms with Crippen molar-refractivity contribution in [3.05, 3.63) is 94.2 Å². The van der Waals surface area contributed by atoms with Crippen molar-refractivity contribution in [2.24, 2.45) is 0 Å². The summed E-state index contributed by atoms with van der Waals surface area (Å²) in [5.74, 6) is -0.722. The summed E-state index contributed by atoms with van der Waals surface area (Å²) >= 11 is 0. The van der Waals surface area contributed by atoms with Gasteiger partial charge in [0.25, 0.3) is 0 Å². The number of rotatable bonds is 5. The Morgan fingerprint density at radius 2 is 1.74 bits per heavy atom. The van der Waals surface area contributed by atoms with Gasteiger partial charge in [0.15, 0.2) is 6.20 Å². The third-order valence-corrected chi connectivity index (χ3v) is 6.33. The number of carbonyl (C=O) groups excluding carboxylic acids is 2. The second kappa shape index (κ2) is 7.83. The van der Waals surface area contributed by atoms with Gasteiger partial charge in [-0.3, -0.25) is 9.59 Å². The van der Waals surface area contributed by atoms with Crippen molar-refractivity contribution in [3.8, 4) is 0 Å². The minimum Gasteiger partial charge on any atom is -0.618 e. The molecule has 2 aromatic carbocycles. The average molecular weight is 469 g/mol. The van der Waals surface area contributed by atoms with Crippen LogP contribution in [0.4, 0.5) is 0 Å². The van der Waals surface area contributed by atoms with Gasteiger partial charge in [-0.15, -0.1) is 5.10 Å². The molecule has 6 rings (SSSR count). The molecule has 0 amide bonds. The molecule has 3 aromatic heterocycles. The van der Waals surface area contributed by atoms with Gasteiger partial charge in [-0.25, -0.2) is 4.68 Å². The van der Waals surface area contributed by atoms with Gasteiger partial charge in [0.2, 0.25) is 17.1 Å². The highest BCUT2D eigenvalue weighted by atomic mass is 16.5. The van der Waals surface area contributed by atoms with Crippen molar-refractivity contribution >= 4 is 33.4 Å². The highest BCUT2D eigenvalue weighted by molar-refractivity contribution is 6.34. The van der Waals surface area contributed by atoms with Crippen molar-refractivity contribution in [1.29, 1.82) is 0 Å². The van der Waals surface area contributed by atoms with Crippen LogP contribution in [0.2, 0.25) is 0 Å². The van der Waals surface area contributed by atoms with Crippen LogP contribution in [0.15, 0.2) is 60.9 Å².